The molecular formula is C18H20FN5O. The first-order valence-corrected chi connectivity index (χ1v) is 8.31. The molecule has 0 radical (unpaired) electrons. The number of nitriles is 1. The highest BCUT2D eigenvalue weighted by atomic mass is 19.1. The maximum Gasteiger partial charge on any atom is 0.165 e. The number of nitrogens with two attached hydrogens (primary N) is 2. The Morgan fingerprint density at radius 1 is 1.24 bits per heavy atom. The van der Waals surface area contributed by atoms with E-state index < -0.39 is 5.82 Å². The summed E-state index contributed by atoms with van der Waals surface area (Å²) in [6.07, 6.45) is 4.54. The van der Waals surface area contributed by atoms with E-state index in [0.717, 1.165) is 37.8 Å². The van der Waals surface area contributed by atoms with Crippen molar-refractivity contribution in [3.05, 3.63) is 35.3 Å². The molecule has 2 aromatic rings. The first-order chi connectivity index (χ1) is 12.0. The van der Waals surface area contributed by atoms with E-state index in [0.29, 0.717) is 12.1 Å². The first-order valence-electron chi connectivity index (χ1n) is 8.31. The average Bonchev–Trinajstić information content (AvgIpc) is 2.80. The van der Waals surface area contributed by atoms with Crippen LogP contribution in [0.25, 0.3) is 11.4 Å². The lowest BCUT2D eigenvalue weighted by Crippen LogP contribution is -2.22. The summed E-state index contributed by atoms with van der Waals surface area (Å²) < 4.78 is 13.6. The van der Waals surface area contributed by atoms with E-state index in [1.807, 2.05) is 0 Å². The molecule has 2 atom stereocenters. The molecule has 7 heteroatoms. The van der Waals surface area contributed by atoms with Gasteiger partial charge in [0.05, 0.1) is 11.3 Å². The highest BCUT2D eigenvalue weighted by Crippen LogP contribution is 2.35. The molecule has 1 fully saturated rings. The van der Waals surface area contributed by atoms with Gasteiger partial charge in [-0.15, -0.1) is 0 Å². The van der Waals surface area contributed by atoms with Gasteiger partial charge in [0, 0.05) is 12.0 Å². The molecule has 0 spiro atoms. The van der Waals surface area contributed by atoms with Gasteiger partial charge in [-0.3, -0.25) is 0 Å². The summed E-state index contributed by atoms with van der Waals surface area (Å²) in [5.74, 6) is -0.524. The van der Waals surface area contributed by atoms with Crippen LogP contribution in [-0.4, -0.2) is 21.1 Å². The van der Waals surface area contributed by atoms with E-state index in [-0.39, 0.29) is 40.5 Å². The van der Waals surface area contributed by atoms with Gasteiger partial charge in [0.2, 0.25) is 0 Å². The van der Waals surface area contributed by atoms with Crippen LogP contribution in [0.5, 0.6) is 5.75 Å². The van der Waals surface area contributed by atoms with Crippen LogP contribution in [0.15, 0.2) is 18.2 Å². The SMILES string of the molecule is N#Cc1c(N)nc(-c2cc(F)ccc2O)nc1C1CCCCC(N)C1. The third-order valence-electron chi connectivity index (χ3n) is 4.63. The summed E-state index contributed by atoms with van der Waals surface area (Å²) in [6.45, 7) is 0. The third-order valence-corrected chi connectivity index (χ3v) is 4.63. The third kappa shape index (κ3) is 3.54. The van der Waals surface area contributed by atoms with Crippen LogP contribution in [0.4, 0.5) is 10.2 Å². The van der Waals surface area contributed by atoms with Gasteiger partial charge < -0.3 is 16.6 Å². The molecule has 0 saturated heterocycles. The molecule has 0 bridgehead atoms. The fraction of sp³-hybridized carbons (Fsp3) is 0.389. The van der Waals surface area contributed by atoms with Crippen molar-refractivity contribution in [1.82, 2.24) is 9.97 Å². The Morgan fingerprint density at radius 2 is 2.00 bits per heavy atom. The Balaban J connectivity index is 2.13. The number of phenols is 1. The lowest BCUT2D eigenvalue weighted by atomic mass is 9.91. The Labute approximate surface area is 145 Å². The Morgan fingerprint density at radius 3 is 2.76 bits per heavy atom. The fourth-order valence-corrected chi connectivity index (χ4v) is 3.36. The molecule has 3 rings (SSSR count). The minimum atomic E-state index is -0.516. The number of nitrogen functional groups attached to an aromatic ring is 1. The number of rotatable bonds is 2. The van der Waals surface area contributed by atoms with Crippen molar-refractivity contribution in [1.29, 1.82) is 5.26 Å². The maximum atomic E-state index is 13.6. The second-order valence-corrected chi connectivity index (χ2v) is 6.44. The molecule has 1 aromatic carbocycles. The minimum Gasteiger partial charge on any atom is -0.507 e. The number of benzene rings is 1. The van der Waals surface area contributed by atoms with Crippen LogP contribution in [0, 0.1) is 17.1 Å². The van der Waals surface area contributed by atoms with Gasteiger partial charge in [-0.2, -0.15) is 5.26 Å². The summed E-state index contributed by atoms with van der Waals surface area (Å²) in [7, 11) is 0. The monoisotopic (exact) mass is 341 g/mol. The number of aromatic hydroxyl groups is 1. The molecule has 0 aliphatic heterocycles. The molecule has 1 aliphatic rings. The molecule has 25 heavy (non-hydrogen) atoms. The number of anilines is 1. The van der Waals surface area contributed by atoms with E-state index in [9.17, 15) is 14.8 Å². The van der Waals surface area contributed by atoms with Gasteiger partial charge in [0.1, 0.15) is 29.0 Å². The van der Waals surface area contributed by atoms with Crippen molar-refractivity contribution >= 4 is 5.82 Å². The molecule has 6 nitrogen and oxygen atoms in total. The van der Waals surface area contributed by atoms with Gasteiger partial charge in [0.15, 0.2) is 5.82 Å². The van der Waals surface area contributed by atoms with E-state index in [1.54, 1.807) is 0 Å². The van der Waals surface area contributed by atoms with Crippen molar-refractivity contribution in [3.63, 3.8) is 0 Å². The van der Waals surface area contributed by atoms with Crippen LogP contribution in [0.3, 0.4) is 0 Å². The Hall–Kier alpha value is -2.72. The summed E-state index contributed by atoms with van der Waals surface area (Å²) in [5, 5.41) is 19.5. The molecule has 130 valence electrons. The first kappa shape index (κ1) is 17.1. The summed E-state index contributed by atoms with van der Waals surface area (Å²) in [5.41, 5.74) is 13.0. The lowest BCUT2D eigenvalue weighted by Gasteiger charge is -2.19. The zero-order valence-electron chi connectivity index (χ0n) is 13.7. The van der Waals surface area contributed by atoms with E-state index in [4.69, 9.17) is 11.5 Å². The number of phenolic OH excluding ortho intramolecular Hbond substituents is 1. The van der Waals surface area contributed by atoms with Crippen molar-refractivity contribution in [2.45, 2.75) is 44.1 Å². The van der Waals surface area contributed by atoms with Crippen LogP contribution in [0.2, 0.25) is 0 Å². The molecular weight excluding hydrogens is 321 g/mol. The number of nitrogens with zero attached hydrogens (tertiary/aromatic N) is 3. The number of aromatic nitrogens is 2. The summed E-state index contributed by atoms with van der Waals surface area (Å²) in [6, 6.07) is 5.66. The zero-order chi connectivity index (χ0) is 18.0. The molecule has 1 aromatic heterocycles. The van der Waals surface area contributed by atoms with E-state index in [2.05, 4.69) is 16.0 Å². The zero-order valence-corrected chi connectivity index (χ0v) is 13.7. The van der Waals surface area contributed by atoms with Crippen molar-refractivity contribution in [3.8, 4) is 23.2 Å². The highest BCUT2D eigenvalue weighted by molar-refractivity contribution is 5.67. The average molecular weight is 341 g/mol. The standard InChI is InChI=1S/C18H20FN5O/c19-11-5-6-15(25)13(8-11)18-23-16(14(9-20)17(22)24-18)10-3-1-2-4-12(21)7-10/h5-6,8,10,12,25H,1-4,7,21H2,(H2,22,23,24). The fourth-order valence-electron chi connectivity index (χ4n) is 3.36. The quantitative estimate of drug-likeness (QED) is 0.722. The molecule has 1 aliphatic carbocycles. The Bertz CT molecular complexity index is 833. The van der Waals surface area contributed by atoms with E-state index in [1.165, 1.54) is 6.07 Å². The van der Waals surface area contributed by atoms with Gasteiger partial charge in [-0.25, -0.2) is 14.4 Å². The molecule has 5 N–H and O–H groups in total. The number of halogens is 1. The predicted molar refractivity (Wildman–Crippen MR) is 92.0 cm³/mol. The second-order valence-electron chi connectivity index (χ2n) is 6.44. The topological polar surface area (TPSA) is 122 Å². The largest absolute Gasteiger partial charge is 0.507 e. The van der Waals surface area contributed by atoms with Crippen LogP contribution < -0.4 is 11.5 Å². The van der Waals surface area contributed by atoms with Gasteiger partial charge in [-0.1, -0.05) is 12.8 Å². The van der Waals surface area contributed by atoms with E-state index >= 15 is 0 Å². The van der Waals surface area contributed by atoms with Crippen LogP contribution >= 0.6 is 0 Å². The molecule has 1 saturated carbocycles. The smallest absolute Gasteiger partial charge is 0.165 e. The highest BCUT2D eigenvalue weighted by Gasteiger charge is 2.26. The second kappa shape index (κ2) is 7.03. The van der Waals surface area contributed by atoms with Gasteiger partial charge in [-0.05, 0) is 37.5 Å². The maximum absolute atomic E-state index is 13.6. The van der Waals surface area contributed by atoms with Gasteiger partial charge in [0.25, 0.3) is 0 Å². The number of hydrogen-bond acceptors (Lipinski definition) is 6. The Kier molecular flexibility index (Phi) is 4.81. The minimum absolute atomic E-state index is 0.00750. The van der Waals surface area contributed by atoms with Crippen LogP contribution in [-0.2, 0) is 0 Å². The van der Waals surface area contributed by atoms with Crippen molar-refractivity contribution < 1.29 is 9.50 Å². The molecule has 2 unspecified atom stereocenters. The van der Waals surface area contributed by atoms with Crippen LogP contribution in [0.1, 0.15) is 49.3 Å². The van der Waals surface area contributed by atoms with Crippen molar-refractivity contribution in [2.24, 2.45) is 5.73 Å². The number of hydrogen-bond donors (Lipinski definition) is 3. The predicted octanol–water partition coefficient (Wildman–Crippen LogP) is 2.82. The molecule has 1 heterocycles. The normalized spacial score (nSPS) is 20.7. The molecule has 0 amide bonds. The van der Waals surface area contributed by atoms with Gasteiger partial charge >= 0.3 is 0 Å². The lowest BCUT2D eigenvalue weighted by molar-refractivity contribution is 0.474. The van der Waals surface area contributed by atoms with Crippen molar-refractivity contribution in [2.75, 3.05) is 5.73 Å². The summed E-state index contributed by atoms with van der Waals surface area (Å²) in [4.78, 5) is 8.58. The summed E-state index contributed by atoms with van der Waals surface area (Å²) >= 11 is 0.